The summed E-state index contributed by atoms with van der Waals surface area (Å²) in [4.78, 5) is 34.1. The molecule has 0 saturated heterocycles. The predicted octanol–water partition coefficient (Wildman–Crippen LogP) is 1.01. The van der Waals surface area contributed by atoms with Crippen molar-refractivity contribution in [1.29, 1.82) is 0 Å². The molecule has 0 fully saturated rings. The average molecular weight is 330 g/mol. The first-order valence-corrected chi connectivity index (χ1v) is 8.10. The Morgan fingerprint density at radius 3 is 2.26 bits per heavy atom. The molecule has 0 aromatic heterocycles. The molecule has 0 bridgehead atoms. The lowest BCUT2D eigenvalue weighted by Crippen LogP contribution is -2.36. The lowest BCUT2D eigenvalue weighted by molar-refractivity contribution is -0.145. The summed E-state index contributed by atoms with van der Waals surface area (Å²) in [7, 11) is 0. The Bertz CT molecular complexity index is 369. The van der Waals surface area contributed by atoms with Crippen molar-refractivity contribution in [2.45, 2.75) is 53.0 Å². The fourth-order valence-electron chi connectivity index (χ4n) is 1.69. The zero-order valence-corrected chi connectivity index (χ0v) is 14.6. The number of nitrogens with one attached hydrogen (secondary N) is 2. The van der Waals surface area contributed by atoms with Gasteiger partial charge in [0.2, 0.25) is 11.8 Å². The molecule has 2 amide bonds. The SMILES string of the molecule is CC(C)CC(=O)OCCCOCCNC(=O)CC(=O)NC(C)C. The molecule has 0 atom stereocenters. The lowest BCUT2D eigenvalue weighted by atomic mass is 10.1. The van der Waals surface area contributed by atoms with Crippen molar-refractivity contribution in [1.82, 2.24) is 10.6 Å². The van der Waals surface area contributed by atoms with E-state index >= 15 is 0 Å². The van der Waals surface area contributed by atoms with Crippen LogP contribution in [0.3, 0.4) is 0 Å². The number of carbonyl (C=O) groups is 3. The Morgan fingerprint density at radius 2 is 1.65 bits per heavy atom. The van der Waals surface area contributed by atoms with Crippen LogP contribution in [-0.2, 0) is 23.9 Å². The molecule has 0 aliphatic rings. The van der Waals surface area contributed by atoms with Crippen LogP contribution in [0.15, 0.2) is 0 Å². The molecule has 23 heavy (non-hydrogen) atoms. The minimum atomic E-state index is -0.325. The highest BCUT2D eigenvalue weighted by Crippen LogP contribution is 2.01. The summed E-state index contributed by atoms with van der Waals surface area (Å²) < 4.78 is 10.3. The predicted molar refractivity (Wildman–Crippen MR) is 86.8 cm³/mol. The number of carbonyl (C=O) groups excluding carboxylic acids is 3. The summed E-state index contributed by atoms with van der Waals surface area (Å²) in [6, 6.07) is 0.0215. The van der Waals surface area contributed by atoms with E-state index in [0.29, 0.717) is 45.1 Å². The Kier molecular flexibility index (Phi) is 12.0. The molecule has 0 aromatic carbocycles. The minimum Gasteiger partial charge on any atom is -0.466 e. The molecule has 0 aromatic rings. The zero-order chi connectivity index (χ0) is 17.7. The molecule has 0 rings (SSSR count). The Labute approximate surface area is 138 Å². The molecular formula is C16H30N2O5. The van der Waals surface area contributed by atoms with Gasteiger partial charge < -0.3 is 20.1 Å². The third kappa shape index (κ3) is 15.1. The van der Waals surface area contributed by atoms with Crippen molar-refractivity contribution in [3.8, 4) is 0 Å². The van der Waals surface area contributed by atoms with Gasteiger partial charge in [0.15, 0.2) is 0 Å². The van der Waals surface area contributed by atoms with E-state index in [0.717, 1.165) is 0 Å². The van der Waals surface area contributed by atoms with E-state index in [1.807, 2.05) is 27.7 Å². The van der Waals surface area contributed by atoms with Crippen LogP contribution in [0, 0.1) is 5.92 Å². The molecule has 0 saturated carbocycles. The highest BCUT2D eigenvalue weighted by molar-refractivity contribution is 5.96. The van der Waals surface area contributed by atoms with E-state index in [1.54, 1.807) is 0 Å². The van der Waals surface area contributed by atoms with Gasteiger partial charge in [-0.25, -0.2) is 0 Å². The maximum atomic E-state index is 11.4. The van der Waals surface area contributed by atoms with Crippen LogP contribution in [0.2, 0.25) is 0 Å². The Morgan fingerprint density at radius 1 is 0.957 bits per heavy atom. The van der Waals surface area contributed by atoms with Crippen molar-refractivity contribution >= 4 is 17.8 Å². The number of ether oxygens (including phenoxy) is 2. The quantitative estimate of drug-likeness (QED) is 0.316. The van der Waals surface area contributed by atoms with Gasteiger partial charge in [-0.15, -0.1) is 0 Å². The number of amides is 2. The van der Waals surface area contributed by atoms with Gasteiger partial charge in [-0.05, 0) is 19.8 Å². The molecule has 0 unspecified atom stereocenters. The third-order valence-corrected chi connectivity index (χ3v) is 2.61. The largest absolute Gasteiger partial charge is 0.466 e. The van der Waals surface area contributed by atoms with Crippen LogP contribution in [0.25, 0.3) is 0 Å². The number of rotatable bonds is 12. The molecule has 7 nitrogen and oxygen atoms in total. The molecule has 0 aliphatic carbocycles. The third-order valence-electron chi connectivity index (χ3n) is 2.61. The summed E-state index contributed by atoms with van der Waals surface area (Å²) >= 11 is 0. The van der Waals surface area contributed by atoms with Crippen molar-refractivity contribution in [3.05, 3.63) is 0 Å². The van der Waals surface area contributed by atoms with Gasteiger partial charge >= 0.3 is 5.97 Å². The smallest absolute Gasteiger partial charge is 0.306 e. The van der Waals surface area contributed by atoms with Crippen molar-refractivity contribution in [2.75, 3.05) is 26.4 Å². The molecule has 134 valence electrons. The standard InChI is InChI=1S/C16H30N2O5/c1-12(2)10-16(21)23-8-5-7-22-9-6-17-14(19)11-15(20)18-13(3)4/h12-13H,5-11H2,1-4H3,(H,17,19)(H,18,20). The summed E-state index contributed by atoms with van der Waals surface area (Å²) in [6.45, 7) is 9.11. The summed E-state index contributed by atoms with van der Waals surface area (Å²) in [5.74, 6) is -0.507. The topological polar surface area (TPSA) is 93.7 Å². The van der Waals surface area contributed by atoms with Gasteiger partial charge in [0.25, 0.3) is 0 Å². The highest BCUT2D eigenvalue weighted by atomic mass is 16.5. The number of hydrogen-bond acceptors (Lipinski definition) is 5. The van der Waals surface area contributed by atoms with Crippen LogP contribution in [0.4, 0.5) is 0 Å². The maximum Gasteiger partial charge on any atom is 0.306 e. The summed E-state index contributed by atoms with van der Waals surface area (Å²) in [6.07, 6.45) is 0.871. The van der Waals surface area contributed by atoms with Gasteiger partial charge in [-0.3, -0.25) is 14.4 Å². The van der Waals surface area contributed by atoms with Crippen molar-refractivity contribution in [3.63, 3.8) is 0 Å². The molecule has 0 aliphatic heterocycles. The van der Waals surface area contributed by atoms with Crippen molar-refractivity contribution < 1.29 is 23.9 Å². The van der Waals surface area contributed by atoms with Crippen LogP contribution in [0.1, 0.15) is 47.0 Å². The molecule has 0 spiro atoms. The second-order valence-corrected chi connectivity index (χ2v) is 6.03. The van der Waals surface area contributed by atoms with E-state index in [2.05, 4.69) is 10.6 Å². The fourth-order valence-corrected chi connectivity index (χ4v) is 1.69. The molecule has 2 N–H and O–H groups in total. The first kappa shape index (κ1) is 21.4. The van der Waals surface area contributed by atoms with E-state index in [4.69, 9.17) is 9.47 Å². The van der Waals surface area contributed by atoms with E-state index in [9.17, 15) is 14.4 Å². The second kappa shape index (κ2) is 12.9. The minimum absolute atomic E-state index is 0.0215. The van der Waals surface area contributed by atoms with E-state index < -0.39 is 0 Å². The first-order chi connectivity index (χ1) is 10.8. The number of esters is 1. The normalized spacial score (nSPS) is 10.7. The van der Waals surface area contributed by atoms with Crippen LogP contribution in [0.5, 0.6) is 0 Å². The van der Waals surface area contributed by atoms with Gasteiger partial charge in [0, 0.05) is 32.0 Å². The van der Waals surface area contributed by atoms with Gasteiger partial charge in [0.1, 0.15) is 6.42 Å². The van der Waals surface area contributed by atoms with Gasteiger partial charge in [-0.2, -0.15) is 0 Å². The average Bonchev–Trinajstić information content (AvgIpc) is 2.39. The highest BCUT2D eigenvalue weighted by Gasteiger charge is 2.09. The second-order valence-electron chi connectivity index (χ2n) is 6.03. The Balaban J connectivity index is 3.44. The van der Waals surface area contributed by atoms with Crippen LogP contribution in [-0.4, -0.2) is 50.2 Å². The monoisotopic (exact) mass is 330 g/mol. The van der Waals surface area contributed by atoms with Gasteiger partial charge in [0.05, 0.1) is 13.2 Å². The van der Waals surface area contributed by atoms with Crippen molar-refractivity contribution in [2.24, 2.45) is 5.92 Å². The molecule has 0 radical (unpaired) electrons. The molecule has 0 heterocycles. The van der Waals surface area contributed by atoms with E-state index in [-0.39, 0.29) is 30.2 Å². The first-order valence-electron chi connectivity index (χ1n) is 8.10. The van der Waals surface area contributed by atoms with E-state index in [1.165, 1.54) is 0 Å². The lowest BCUT2D eigenvalue weighted by Gasteiger charge is -2.09. The fraction of sp³-hybridized carbons (Fsp3) is 0.812. The molecular weight excluding hydrogens is 300 g/mol. The molecule has 7 heteroatoms. The zero-order valence-electron chi connectivity index (χ0n) is 14.6. The number of hydrogen-bond donors (Lipinski definition) is 2. The summed E-state index contributed by atoms with van der Waals surface area (Å²) in [5, 5.41) is 5.25. The van der Waals surface area contributed by atoms with Crippen LogP contribution < -0.4 is 10.6 Å². The van der Waals surface area contributed by atoms with Crippen LogP contribution >= 0.6 is 0 Å². The Hall–Kier alpha value is -1.63. The summed E-state index contributed by atoms with van der Waals surface area (Å²) in [5.41, 5.74) is 0. The van der Waals surface area contributed by atoms with Gasteiger partial charge in [-0.1, -0.05) is 13.8 Å². The maximum absolute atomic E-state index is 11.4.